The van der Waals surface area contributed by atoms with E-state index in [-0.39, 0.29) is 11.7 Å². The number of carbonyl (C=O) groups excluding carboxylic acids is 1. The highest BCUT2D eigenvalue weighted by atomic mass is 16.5. The Labute approximate surface area is 101 Å². The topological polar surface area (TPSA) is 50.1 Å². The Kier molecular flexibility index (Phi) is 3.43. The summed E-state index contributed by atoms with van der Waals surface area (Å²) in [6.45, 7) is 2.64. The summed E-state index contributed by atoms with van der Waals surface area (Å²) in [5.74, 6) is 0.777. The van der Waals surface area contributed by atoms with Gasteiger partial charge in [0.05, 0.1) is 12.7 Å². The maximum Gasteiger partial charge on any atom is 0.166 e. The van der Waals surface area contributed by atoms with Gasteiger partial charge >= 0.3 is 0 Å². The minimum absolute atomic E-state index is 0.0729. The summed E-state index contributed by atoms with van der Waals surface area (Å²) in [5, 5.41) is 8.70. The Hall–Kier alpha value is -1.82. The normalized spacial score (nSPS) is 14.6. The van der Waals surface area contributed by atoms with Gasteiger partial charge in [0.15, 0.2) is 5.78 Å². The molecule has 0 radical (unpaired) electrons. The molecule has 1 aliphatic heterocycles. The number of ether oxygens (including phenoxy) is 1. The zero-order valence-corrected chi connectivity index (χ0v) is 9.90. The Morgan fingerprint density at radius 1 is 1.59 bits per heavy atom. The molecule has 0 saturated heterocycles. The smallest absolute Gasteiger partial charge is 0.166 e. The van der Waals surface area contributed by atoms with Gasteiger partial charge in [0, 0.05) is 24.3 Å². The standard InChI is InChI=1S/C14H15NO2/c1-2-10(5-7-15)14(16)12-3-4-13-11(9-12)6-8-17-13/h3-4,9-10H,2,5-6,8H2,1H3. The molecule has 0 aliphatic carbocycles. The highest BCUT2D eigenvalue weighted by molar-refractivity contribution is 5.98. The van der Waals surface area contributed by atoms with Crippen molar-refractivity contribution in [2.45, 2.75) is 26.2 Å². The number of hydrogen-bond donors (Lipinski definition) is 0. The van der Waals surface area contributed by atoms with Crippen molar-refractivity contribution in [3.8, 4) is 11.8 Å². The van der Waals surface area contributed by atoms with Crippen LogP contribution in [0.1, 0.15) is 35.7 Å². The molecule has 0 bridgehead atoms. The predicted molar refractivity (Wildman–Crippen MR) is 64.0 cm³/mol. The number of rotatable bonds is 4. The molecule has 1 aliphatic rings. The van der Waals surface area contributed by atoms with Crippen molar-refractivity contribution < 1.29 is 9.53 Å². The van der Waals surface area contributed by atoms with Crippen LogP contribution in [0.5, 0.6) is 5.75 Å². The summed E-state index contributed by atoms with van der Waals surface area (Å²) in [6, 6.07) is 7.64. The van der Waals surface area contributed by atoms with Crippen molar-refractivity contribution in [2.24, 2.45) is 5.92 Å². The Balaban J connectivity index is 2.22. The lowest BCUT2D eigenvalue weighted by Crippen LogP contribution is -2.13. The molecule has 88 valence electrons. The van der Waals surface area contributed by atoms with Crippen LogP contribution in [0.3, 0.4) is 0 Å². The second-order valence-corrected chi connectivity index (χ2v) is 4.25. The fourth-order valence-electron chi connectivity index (χ4n) is 2.11. The summed E-state index contributed by atoms with van der Waals surface area (Å²) >= 11 is 0. The first-order valence-corrected chi connectivity index (χ1v) is 5.93. The van der Waals surface area contributed by atoms with Crippen molar-refractivity contribution in [3.05, 3.63) is 29.3 Å². The largest absolute Gasteiger partial charge is 0.493 e. The van der Waals surface area contributed by atoms with Gasteiger partial charge in [-0.1, -0.05) is 6.92 Å². The van der Waals surface area contributed by atoms with E-state index in [0.717, 1.165) is 17.7 Å². The zero-order valence-electron chi connectivity index (χ0n) is 9.90. The number of fused-ring (bicyclic) bond motifs is 1. The maximum absolute atomic E-state index is 12.2. The third-order valence-electron chi connectivity index (χ3n) is 3.18. The number of hydrogen-bond acceptors (Lipinski definition) is 3. The molecule has 1 aromatic carbocycles. The van der Waals surface area contributed by atoms with Gasteiger partial charge in [-0.15, -0.1) is 0 Å². The number of nitriles is 1. The molecule has 0 amide bonds. The predicted octanol–water partition coefficient (Wildman–Crippen LogP) is 2.74. The van der Waals surface area contributed by atoms with Crippen LogP contribution in [0.15, 0.2) is 18.2 Å². The lowest BCUT2D eigenvalue weighted by atomic mass is 9.92. The van der Waals surface area contributed by atoms with Gasteiger partial charge in [-0.05, 0) is 30.2 Å². The highest BCUT2D eigenvalue weighted by Gasteiger charge is 2.20. The molecule has 1 heterocycles. The van der Waals surface area contributed by atoms with Crippen LogP contribution in [0.4, 0.5) is 0 Å². The van der Waals surface area contributed by atoms with Gasteiger partial charge in [-0.3, -0.25) is 4.79 Å². The van der Waals surface area contributed by atoms with Gasteiger partial charge in [0.25, 0.3) is 0 Å². The molecule has 0 saturated carbocycles. The van der Waals surface area contributed by atoms with Crippen molar-refractivity contribution in [1.82, 2.24) is 0 Å². The molecular formula is C14H15NO2. The number of Topliss-reactive ketones (excluding diaryl/α,β-unsaturated/α-hetero) is 1. The summed E-state index contributed by atoms with van der Waals surface area (Å²) in [5.41, 5.74) is 1.80. The first-order valence-electron chi connectivity index (χ1n) is 5.93. The van der Waals surface area contributed by atoms with E-state index in [2.05, 4.69) is 6.07 Å². The molecule has 0 N–H and O–H groups in total. The van der Waals surface area contributed by atoms with Crippen LogP contribution >= 0.6 is 0 Å². The molecule has 1 unspecified atom stereocenters. The number of carbonyl (C=O) groups is 1. The minimum Gasteiger partial charge on any atom is -0.493 e. The van der Waals surface area contributed by atoms with Crippen LogP contribution in [0, 0.1) is 17.2 Å². The average molecular weight is 229 g/mol. The quantitative estimate of drug-likeness (QED) is 0.746. The maximum atomic E-state index is 12.2. The SMILES string of the molecule is CCC(CC#N)C(=O)c1ccc2c(c1)CCO2. The Bertz CT molecular complexity index is 474. The second kappa shape index (κ2) is 5.01. The average Bonchev–Trinajstić information content (AvgIpc) is 2.82. The molecule has 2 rings (SSSR count). The van der Waals surface area contributed by atoms with Crippen LogP contribution < -0.4 is 4.74 Å². The Morgan fingerprint density at radius 3 is 3.12 bits per heavy atom. The summed E-state index contributed by atoms with van der Waals surface area (Å²) < 4.78 is 5.40. The number of benzene rings is 1. The molecule has 0 spiro atoms. The van der Waals surface area contributed by atoms with Crippen molar-refractivity contribution >= 4 is 5.78 Å². The van der Waals surface area contributed by atoms with E-state index in [9.17, 15) is 4.79 Å². The van der Waals surface area contributed by atoms with Gasteiger partial charge in [-0.25, -0.2) is 0 Å². The fourth-order valence-corrected chi connectivity index (χ4v) is 2.11. The molecule has 1 atom stereocenters. The van der Waals surface area contributed by atoms with Crippen LogP contribution in [0.2, 0.25) is 0 Å². The van der Waals surface area contributed by atoms with E-state index < -0.39 is 0 Å². The van der Waals surface area contributed by atoms with E-state index in [1.165, 1.54) is 0 Å². The third kappa shape index (κ3) is 2.31. The number of nitrogens with zero attached hydrogens (tertiary/aromatic N) is 1. The van der Waals surface area contributed by atoms with Gasteiger partial charge in [0.1, 0.15) is 5.75 Å². The molecule has 0 fully saturated rings. The lowest BCUT2D eigenvalue weighted by molar-refractivity contribution is 0.0918. The van der Waals surface area contributed by atoms with Gasteiger partial charge in [0.2, 0.25) is 0 Å². The van der Waals surface area contributed by atoms with E-state index in [0.29, 0.717) is 25.0 Å². The van der Waals surface area contributed by atoms with Crippen molar-refractivity contribution in [2.75, 3.05) is 6.61 Å². The van der Waals surface area contributed by atoms with Crippen molar-refractivity contribution in [3.63, 3.8) is 0 Å². The fraction of sp³-hybridized carbons (Fsp3) is 0.429. The minimum atomic E-state index is -0.180. The molecule has 17 heavy (non-hydrogen) atoms. The number of ketones is 1. The highest BCUT2D eigenvalue weighted by Crippen LogP contribution is 2.27. The monoisotopic (exact) mass is 229 g/mol. The molecule has 0 aromatic heterocycles. The first-order chi connectivity index (χ1) is 8.26. The molecular weight excluding hydrogens is 214 g/mol. The second-order valence-electron chi connectivity index (χ2n) is 4.25. The van der Waals surface area contributed by atoms with Gasteiger partial charge < -0.3 is 4.74 Å². The van der Waals surface area contributed by atoms with Crippen LogP contribution in [-0.4, -0.2) is 12.4 Å². The zero-order chi connectivity index (χ0) is 12.3. The Morgan fingerprint density at radius 2 is 2.41 bits per heavy atom. The summed E-state index contributed by atoms with van der Waals surface area (Å²) in [4.78, 5) is 12.2. The van der Waals surface area contributed by atoms with E-state index in [1.807, 2.05) is 19.1 Å². The van der Waals surface area contributed by atoms with E-state index in [4.69, 9.17) is 10.00 Å². The van der Waals surface area contributed by atoms with Crippen LogP contribution in [0.25, 0.3) is 0 Å². The van der Waals surface area contributed by atoms with Gasteiger partial charge in [-0.2, -0.15) is 5.26 Å². The molecule has 3 nitrogen and oxygen atoms in total. The third-order valence-corrected chi connectivity index (χ3v) is 3.18. The van der Waals surface area contributed by atoms with E-state index in [1.54, 1.807) is 6.07 Å². The molecule has 1 aromatic rings. The van der Waals surface area contributed by atoms with E-state index >= 15 is 0 Å². The van der Waals surface area contributed by atoms with Crippen molar-refractivity contribution in [1.29, 1.82) is 5.26 Å². The lowest BCUT2D eigenvalue weighted by Gasteiger charge is -2.10. The summed E-state index contributed by atoms with van der Waals surface area (Å²) in [7, 11) is 0. The first kappa shape index (κ1) is 11.7. The molecule has 3 heteroatoms. The summed E-state index contributed by atoms with van der Waals surface area (Å²) in [6.07, 6.45) is 1.87. The van der Waals surface area contributed by atoms with Crippen LogP contribution in [-0.2, 0) is 6.42 Å².